The van der Waals surface area contributed by atoms with E-state index in [-0.39, 0.29) is 5.91 Å². The Hall–Kier alpha value is -1.43. The SMILES string of the molecule is CCN(CC)CCN1CCC(C(=O)Nc2c(C)cccc2C)(N(C)C)CC1. The molecule has 0 unspecified atom stereocenters. The van der Waals surface area contributed by atoms with Crippen molar-refractivity contribution >= 4 is 11.6 Å². The monoisotopic (exact) mass is 374 g/mol. The number of nitrogens with zero attached hydrogens (tertiary/aromatic N) is 3. The summed E-state index contributed by atoms with van der Waals surface area (Å²) in [5, 5.41) is 3.25. The van der Waals surface area contributed by atoms with Gasteiger partial charge >= 0.3 is 0 Å². The number of aryl methyl sites for hydroxylation is 2. The minimum absolute atomic E-state index is 0.133. The number of carbonyl (C=O) groups excluding carboxylic acids is 1. The summed E-state index contributed by atoms with van der Waals surface area (Å²) in [4.78, 5) is 20.4. The number of amides is 1. The van der Waals surface area contributed by atoms with E-state index < -0.39 is 5.54 Å². The zero-order valence-corrected chi connectivity index (χ0v) is 18.1. The Morgan fingerprint density at radius 3 is 2.15 bits per heavy atom. The van der Waals surface area contributed by atoms with Crippen molar-refractivity contribution in [3.63, 3.8) is 0 Å². The highest BCUT2D eigenvalue weighted by atomic mass is 16.2. The number of likely N-dealkylation sites (N-methyl/N-ethyl adjacent to an activating group) is 2. The summed E-state index contributed by atoms with van der Waals surface area (Å²) in [6.45, 7) is 14.9. The minimum atomic E-state index is -0.430. The van der Waals surface area contributed by atoms with Gasteiger partial charge < -0.3 is 15.1 Å². The molecule has 1 aromatic carbocycles. The van der Waals surface area contributed by atoms with Gasteiger partial charge in [-0.15, -0.1) is 0 Å². The Labute approximate surface area is 165 Å². The van der Waals surface area contributed by atoms with E-state index in [2.05, 4.69) is 59.8 Å². The van der Waals surface area contributed by atoms with Crippen molar-refractivity contribution in [3.8, 4) is 0 Å². The third-order valence-electron chi connectivity index (χ3n) is 6.31. The second-order valence-corrected chi connectivity index (χ2v) is 8.02. The number of piperidine rings is 1. The molecule has 1 aromatic rings. The molecule has 1 aliphatic rings. The van der Waals surface area contributed by atoms with Gasteiger partial charge in [0, 0.05) is 31.9 Å². The van der Waals surface area contributed by atoms with E-state index in [1.54, 1.807) is 0 Å². The largest absolute Gasteiger partial charge is 0.324 e. The lowest BCUT2D eigenvalue weighted by molar-refractivity contribution is -0.129. The number of nitrogens with one attached hydrogen (secondary N) is 1. The second-order valence-electron chi connectivity index (χ2n) is 8.02. The average Bonchev–Trinajstić information content (AvgIpc) is 2.65. The molecule has 1 heterocycles. The van der Waals surface area contributed by atoms with Crippen LogP contribution in [-0.2, 0) is 4.79 Å². The molecule has 27 heavy (non-hydrogen) atoms. The van der Waals surface area contributed by atoms with Crippen LogP contribution >= 0.6 is 0 Å². The molecule has 0 radical (unpaired) electrons. The highest BCUT2D eigenvalue weighted by Gasteiger charge is 2.43. The maximum Gasteiger partial charge on any atom is 0.244 e. The average molecular weight is 375 g/mol. The molecular weight excluding hydrogens is 336 g/mol. The molecule has 0 saturated carbocycles. The number of rotatable bonds is 8. The first-order valence-electron chi connectivity index (χ1n) is 10.3. The van der Waals surface area contributed by atoms with Crippen molar-refractivity contribution in [1.82, 2.24) is 14.7 Å². The van der Waals surface area contributed by atoms with E-state index in [4.69, 9.17) is 0 Å². The third kappa shape index (κ3) is 5.09. The van der Waals surface area contributed by atoms with Crippen LogP contribution in [0, 0.1) is 13.8 Å². The van der Waals surface area contributed by atoms with Crippen LogP contribution in [0.25, 0.3) is 0 Å². The summed E-state index contributed by atoms with van der Waals surface area (Å²) >= 11 is 0. The number of anilines is 1. The molecule has 1 amide bonds. The predicted octanol–water partition coefficient (Wildman–Crippen LogP) is 2.98. The standard InChI is InChI=1S/C22H38N4O/c1-7-25(8-2)16-17-26-14-12-22(13-15-26,24(5)6)21(27)23-20-18(3)10-9-11-19(20)4/h9-11H,7-8,12-17H2,1-6H3,(H,23,27). The number of para-hydroxylation sites is 1. The summed E-state index contributed by atoms with van der Waals surface area (Å²) in [6.07, 6.45) is 1.74. The van der Waals surface area contributed by atoms with E-state index in [0.717, 1.165) is 68.9 Å². The molecule has 5 nitrogen and oxygen atoms in total. The van der Waals surface area contributed by atoms with E-state index in [0.29, 0.717) is 0 Å². The predicted molar refractivity (Wildman–Crippen MR) is 114 cm³/mol. The fourth-order valence-corrected chi connectivity index (χ4v) is 4.09. The van der Waals surface area contributed by atoms with E-state index >= 15 is 0 Å². The minimum Gasteiger partial charge on any atom is -0.324 e. The van der Waals surface area contributed by atoms with Gasteiger partial charge in [0.15, 0.2) is 0 Å². The molecule has 1 fully saturated rings. The molecule has 5 heteroatoms. The maximum absolute atomic E-state index is 13.3. The van der Waals surface area contributed by atoms with Crippen molar-refractivity contribution in [1.29, 1.82) is 0 Å². The molecular formula is C22H38N4O. The summed E-state index contributed by atoms with van der Waals surface area (Å²) in [7, 11) is 4.08. The first-order valence-corrected chi connectivity index (χ1v) is 10.3. The fourth-order valence-electron chi connectivity index (χ4n) is 4.09. The van der Waals surface area contributed by atoms with Crippen molar-refractivity contribution in [2.75, 3.05) is 58.7 Å². The summed E-state index contributed by atoms with van der Waals surface area (Å²) < 4.78 is 0. The summed E-state index contributed by atoms with van der Waals surface area (Å²) in [6, 6.07) is 6.15. The molecule has 1 saturated heterocycles. The van der Waals surface area contributed by atoms with Crippen LogP contribution in [0.2, 0.25) is 0 Å². The molecule has 152 valence electrons. The lowest BCUT2D eigenvalue weighted by atomic mass is 9.85. The van der Waals surface area contributed by atoms with Crippen LogP contribution < -0.4 is 5.32 Å². The number of hydrogen-bond acceptors (Lipinski definition) is 4. The first kappa shape index (κ1) is 21.9. The van der Waals surface area contributed by atoms with Gasteiger partial charge in [-0.2, -0.15) is 0 Å². The van der Waals surface area contributed by atoms with Gasteiger partial charge in [0.2, 0.25) is 5.91 Å². The lowest BCUT2D eigenvalue weighted by Crippen LogP contribution is -2.60. The van der Waals surface area contributed by atoms with E-state index in [9.17, 15) is 4.79 Å². The second kappa shape index (κ2) is 9.67. The van der Waals surface area contributed by atoms with Gasteiger partial charge in [-0.3, -0.25) is 9.69 Å². The van der Waals surface area contributed by atoms with Crippen molar-refractivity contribution < 1.29 is 4.79 Å². The Bertz CT molecular complexity index is 596. The number of benzene rings is 1. The highest BCUT2D eigenvalue weighted by molar-refractivity contribution is 5.99. The van der Waals surface area contributed by atoms with Gasteiger partial charge in [-0.05, 0) is 65.0 Å². The van der Waals surface area contributed by atoms with E-state index in [1.165, 1.54) is 0 Å². The Kier molecular flexibility index (Phi) is 7.83. The van der Waals surface area contributed by atoms with Gasteiger partial charge in [0.1, 0.15) is 5.54 Å². The zero-order valence-electron chi connectivity index (χ0n) is 18.1. The third-order valence-corrected chi connectivity index (χ3v) is 6.31. The maximum atomic E-state index is 13.3. The smallest absolute Gasteiger partial charge is 0.244 e. The van der Waals surface area contributed by atoms with Crippen LogP contribution in [0.1, 0.15) is 37.8 Å². The highest BCUT2D eigenvalue weighted by Crippen LogP contribution is 2.30. The number of carbonyl (C=O) groups is 1. The number of hydrogen-bond donors (Lipinski definition) is 1. The summed E-state index contributed by atoms with van der Waals surface area (Å²) in [5.41, 5.74) is 2.77. The van der Waals surface area contributed by atoms with Crippen molar-refractivity contribution in [2.45, 2.75) is 46.1 Å². The van der Waals surface area contributed by atoms with Crippen LogP contribution in [0.4, 0.5) is 5.69 Å². The quantitative estimate of drug-likeness (QED) is 0.759. The molecule has 0 spiro atoms. The van der Waals surface area contributed by atoms with Crippen LogP contribution in [0.15, 0.2) is 18.2 Å². The van der Waals surface area contributed by atoms with Gasteiger partial charge in [0.25, 0.3) is 0 Å². The summed E-state index contributed by atoms with van der Waals surface area (Å²) in [5.74, 6) is 0.133. The fraction of sp³-hybridized carbons (Fsp3) is 0.682. The Balaban J connectivity index is 2.03. The van der Waals surface area contributed by atoms with E-state index in [1.807, 2.05) is 20.2 Å². The van der Waals surface area contributed by atoms with Crippen LogP contribution in [0.3, 0.4) is 0 Å². The van der Waals surface area contributed by atoms with Crippen LogP contribution in [0.5, 0.6) is 0 Å². The topological polar surface area (TPSA) is 38.8 Å². The number of likely N-dealkylation sites (tertiary alicyclic amines) is 1. The first-order chi connectivity index (χ1) is 12.8. The molecule has 1 aliphatic heterocycles. The zero-order chi connectivity index (χ0) is 20.0. The molecule has 0 aromatic heterocycles. The Morgan fingerprint density at radius 1 is 1.11 bits per heavy atom. The molecule has 0 aliphatic carbocycles. The Morgan fingerprint density at radius 2 is 1.67 bits per heavy atom. The lowest BCUT2D eigenvalue weighted by Gasteiger charge is -2.45. The van der Waals surface area contributed by atoms with Crippen molar-refractivity contribution in [3.05, 3.63) is 29.3 Å². The van der Waals surface area contributed by atoms with Gasteiger partial charge in [-0.1, -0.05) is 32.0 Å². The molecule has 0 bridgehead atoms. The normalized spacial score (nSPS) is 17.5. The van der Waals surface area contributed by atoms with Gasteiger partial charge in [-0.25, -0.2) is 0 Å². The molecule has 1 N–H and O–H groups in total. The van der Waals surface area contributed by atoms with Crippen molar-refractivity contribution in [2.24, 2.45) is 0 Å². The van der Waals surface area contributed by atoms with Gasteiger partial charge in [0.05, 0.1) is 0 Å². The van der Waals surface area contributed by atoms with Crippen LogP contribution in [-0.4, -0.2) is 79.5 Å². The molecule has 2 rings (SSSR count). The molecule has 0 atom stereocenters.